The highest BCUT2D eigenvalue weighted by molar-refractivity contribution is 5.08. The first-order valence-electron chi connectivity index (χ1n) is 8.03. The minimum Gasteiger partial charge on any atom is -0.314 e. The third kappa shape index (κ3) is 5.45. The van der Waals surface area contributed by atoms with Crippen molar-refractivity contribution in [3.63, 3.8) is 0 Å². The summed E-state index contributed by atoms with van der Waals surface area (Å²) in [5, 5.41) is 12.5. The highest BCUT2D eigenvalue weighted by Crippen LogP contribution is 2.17. The van der Waals surface area contributed by atoms with Crippen LogP contribution in [0, 0.1) is 11.3 Å². The fourth-order valence-electron chi connectivity index (χ4n) is 3.06. The summed E-state index contributed by atoms with van der Waals surface area (Å²) in [5.74, 6) is 0. The lowest BCUT2D eigenvalue weighted by Gasteiger charge is -2.33. The Hall–Kier alpha value is -1.44. The van der Waals surface area contributed by atoms with Gasteiger partial charge in [-0.1, -0.05) is 12.5 Å². The second kappa shape index (κ2) is 8.76. The molecule has 0 amide bonds. The van der Waals surface area contributed by atoms with Gasteiger partial charge in [-0.3, -0.25) is 9.88 Å². The van der Waals surface area contributed by atoms with E-state index in [4.69, 9.17) is 5.26 Å². The molecule has 1 fully saturated rings. The fourth-order valence-corrected chi connectivity index (χ4v) is 3.06. The number of nitrogens with zero attached hydrogens (tertiary/aromatic N) is 3. The molecule has 0 spiro atoms. The summed E-state index contributed by atoms with van der Waals surface area (Å²) in [7, 11) is 0. The monoisotopic (exact) mass is 286 g/mol. The summed E-state index contributed by atoms with van der Waals surface area (Å²) >= 11 is 0. The van der Waals surface area contributed by atoms with Crippen molar-refractivity contribution in [3.8, 4) is 6.07 Å². The normalized spacial score (nSPS) is 20.1. The van der Waals surface area contributed by atoms with E-state index < -0.39 is 0 Å². The van der Waals surface area contributed by atoms with E-state index in [9.17, 15) is 0 Å². The summed E-state index contributed by atoms with van der Waals surface area (Å²) in [6.07, 6.45) is 9.39. The average Bonchev–Trinajstić information content (AvgIpc) is 2.53. The third-order valence-corrected chi connectivity index (χ3v) is 4.28. The lowest BCUT2D eigenvalue weighted by Crippen LogP contribution is -2.42. The number of piperidine rings is 1. The van der Waals surface area contributed by atoms with Crippen molar-refractivity contribution < 1.29 is 0 Å². The van der Waals surface area contributed by atoms with E-state index >= 15 is 0 Å². The van der Waals surface area contributed by atoms with Crippen molar-refractivity contribution in [2.75, 3.05) is 13.1 Å². The van der Waals surface area contributed by atoms with Gasteiger partial charge in [-0.2, -0.15) is 5.26 Å². The molecule has 1 aromatic rings. The number of pyridine rings is 1. The summed E-state index contributed by atoms with van der Waals surface area (Å²) < 4.78 is 0. The molecule has 4 heteroatoms. The van der Waals surface area contributed by atoms with Gasteiger partial charge in [0, 0.05) is 44.0 Å². The molecule has 0 bridgehead atoms. The van der Waals surface area contributed by atoms with Crippen molar-refractivity contribution in [1.82, 2.24) is 15.2 Å². The predicted octanol–water partition coefficient (Wildman–Crippen LogP) is 2.72. The van der Waals surface area contributed by atoms with E-state index in [1.165, 1.54) is 24.8 Å². The van der Waals surface area contributed by atoms with Crippen molar-refractivity contribution in [2.24, 2.45) is 0 Å². The van der Waals surface area contributed by atoms with E-state index in [0.29, 0.717) is 18.5 Å². The number of aromatic nitrogens is 1. The minimum atomic E-state index is 0.481. The fraction of sp³-hybridized carbons (Fsp3) is 0.647. The Bertz CT molecular complexity index is 434. The van der Waals surface area contributed by atoms with Crippen LogP contribution in [0.3, 0.4) is 0 Å². The number of rotatable bonds is 7. The van der Waals surface area contributed by atoms with E-state index in [1.54, 1.807) is 6.20 Å². The molecule has 1 aliphatic rings. The van der Waals surface area contributed by atoms with Crippen LogP contribution in [0.2, 0.25) is 0 Å². The van der Waals surface area contributed by atoms with Gasteiger partial charge in [-0.05, 0) is 44.4 Å². The van der Waals surface area contributed by atoms with Gasteiger partial charge in [0.2, 0.25) is 0 Å². The lowest BCUT2D eigenvalue weighted by atomic mass is 9.97. The van der Waals surface area contributed by atoms with Crippen molar-refractivity contribution in [2.45, 2.75) is 57.7 Å². The Morgan fingerprint density at radius 2 is 2.43 bits per heavy atom. The molecular weight excluding hydrogens is 260 g/mol. The summed E-state index contributed by atoms with van der Waals surface area (Å²) in [6.45, 7) is 5.14. The standard InChI is InChI=1S/C17H26N4/c1-15(12-17-7-2-3-10-20-17)21(11-5-8-18)14-16-6-4-9-19-13-16/h4,6,9,13,15,17,20H,2-3,5,7,10-12,14H2,1H3. The largest absolute Gasteiger partial charge is 0.314 e. The molecule has 2 heterocycles. The van der Waals surface area contributed by atoms with Crippen LogP contribution >= 0.6 is 0 Å². The minimum absolute atomic E-state index is 0.481. The Morgan fingerprint density at radius 3 is 3.10 bits per heavy atom. The molecule has 2 unspecified atom stereocenters. The van der Waals surface area contributed by atoms with Crippen LogP contribution in [0.5, 0.6) is 0 Å². The highest BCUT2D eigenvalue weighted by Gasteiger charge is 2.20. The van der Waals surface area contributed by atoms with E-state index in [2.05, 4.69) is 34.3 Å². The maximum Gasteiger partial charge on any atom is 0.0635 e. The van der Waals surface area contributed by atoms with E-state index in [-0.39, 0.29) is 0 Å². The van der Waals surface area contributed by atoms with E-state index in [0.717, 1.165) is 26.1 Å². The molecule has 0 radical (unpaired) electrons. The number of hydrogen-bond acceptors (Lipinski definition) is 4. The number of nitriles is 1. The SMILES string of the molecule is CC(CC1CCCCN1)N(CCC#N)Cc1cccnc1. The molecule has 1 aromatic heterocycles. The maximum atomic E-state index is 8.88. The summed E-state index contributed by atoms with van der Waals surface area (Å²) in [4.78, 5) is 6.60. The summed E-state index contributed by atoms with van der Waals surface area (Å²) in [6, 6.07) is 7.47. The van der Waals surface area contributed by atoms with Crippen LogP contribution in [-0.4, -0.2) is 35.1 Å². The number of hydrogen-bond donors (Lipinski definition) is 1. The second-order valence-electron chi connectivity index (χ2n) is 5.97. The zero-order valence-electron chi connectivity index (χ0n) is 13.0. The quantitative estimate of drug-likeness (QED) is 0.837. The van der Waals surface area contributed by atoms with Crippen molar-refractivity contribution >= 4 is 0 Å². The molecule has 1 saturated heterocycles. The van der Waals surface area contributed by atoms with Crippen molar-refractivity contribution in [3.05, 3.63) is 30.1 Å². The first-order valence-corrected chi connectivity index (χ1v) is 8.03. The molecule has 4 nitrogen and oxygen atoms in total. The Labute approximate surface area is 128 Å². The lowest BCUT2D eigenvalue weighted by molar-refractivity contribution is 0.175. The molecule has 2 rings (SSSR count). The predicted molar refractivity (Wildman–Crippen MR) is 84.6 cm³/mol. The van der Waals surface area contributed by atoms with Crippen LogP contribution in [0.4, 0.5) is 0 Å². The molecule has 0 aliphatic carbocycles. The van der Waals surface area contributed by atoms with Gasteiger partial charge in [-0.25, -0.2) is 0 Å². The second-order valence-corrected chi connectivity index (χ2v) is 5.97. The highest BCUT2D eigenvalue weighted by atomic mass is 15.2. The third-order valence-electron chi connectivity index (χ3n) is 4.28. The summed E-state index contributed by atoms with van der Waals surface area (Å²) in [5.41, 5.74) is 1.22. The smallest absolute Gasteiger partial charge is 0.0635 e. The molecule has 21 heavy (non-hydrogen) atoms. The maximum absolute atomic E-state index is 8.88. The molecule has 0 aromatic carbocycles. The Kier molecular flexibility index (Phi) is 6.65. The molecule has 1 N–H and O–H groups in total. The Morgan fingerprint density at radius 1 is 1.52 bits per heavy atom. The van der Waals surface area contributed by atoms with Gasteiger partial charge in [0.25, 0.3) is 0 Å². The van der Waals surface area contributed by atoms with E-state index in [1.807, 2.05) is 12.3 Å². The molecular formula is C17H26N4. The van der Waals surface area contributed by atoms with Crippen LogP contribution in [-0.2, 0) is 6.54 Å². The zero-order valence-corrected chi connectivity index (χ0v) is 13.0. The molecule has 1 aliphatic heterocycles. The first-order chi connectivity index (χ1) is 10.3. The molecule has 2 atom stereocenters. The van der Waals surface area contributed by atoms with Gasteiger partial charge < -0.3 is 5.32 Å². The van der Waals surface area contributed by atoms with Crippen LogP contribution in [0.25, 0.3) is 0 Å². The van der Waals surface area contributed by atoms with Crippen LogP contribution in [0.1, 0.15) is 44.6 Å². The zero-order chi connectivity index (χ0) is 14.9. The van der Waals surface area contributed by atoms with Gasteiger partial charge in [0.15, 0.2) is 0 Å². The Balaban J connectivity index is 1.92. The van der Waals surface area contributed by atoms with Crippen LogP contribution < -0.4 is 5.32 Å². The first kappa shape index (κ1) is 15.9. The van der Waals surface area contributed by atoms with Gasteiger partial charge in [-0.15, -0.1) is 0 Å². The van der Waals surface area contributed by atoms with Gasteiger partial charge >= 0.3 is 0 Å². The van der Waals surface area contributed by atoms with Crippen molar-refractivity contribution in [1.29, 1.82) is 5.26 Å². The molecule has 114 valence electrons. The van der Waals surface area contributed by atoms with Gasteiger partial charge in [0.1, 0.15) is 0 Å². The molecule has 0 saturated carbocycles. The van der Waals surface area contributed by atoms with Gasteiger partial charge in [0.05, 0.1) is 6.07 Å². The number of nitrogens with one attached hydrogen (secondary N) is 1. The topological polar surface area (TPSA) is 52.0 Å². The average molecular weight is 286 g/mol. The van der Waals surface area contributed by atoms with Crippen LogP contribution in [0.15, 0.2) is 24.5 Å².